The van der Waals surface area contributed by atoms with Gasteiger partial charge in [-0.1, -0.05) is 0 Å². The van der Waals surface area contributed by atoms with Crippen molar-refractivity contribution in [3.05, 3.63) is 0 Å². The molecule has 0 aromatic rings. The molecule has 0 amide bonds. The van der Waals surface area contributed by atoms with E-state index in [2.05, 4.69) is 5.32 Å². The fraction of sp³-hybridized carbons (Fsp3) is 0.875. The number of carbonyl (C=O) groups excluding carboxylic acids is 1. The molecule has 2 aliphatic rings. The van der Waals surface area contributed by atoms with E-state index in [-0.39, 0.29) is 0 Å². The zero-order chi connectivity index (χ0) is 7.03. The second kappa shape index (κ2) is 2.06. The van der Waals surface area contributed by atoms with Gasteiger partial charge in [0.05, 0.1) is 0 Å². The summed E-state index contributed by atoms with van der Waals surface area (Å²) in [4.78, 5) is 10.2. The minimum absolute atomic E-state index is 0.431. The van der Waals surface area contributed by atoms with Crippen molar-refractivity contribution in [3.63, 3.8) is 0 Å². The summed E-state index contributed by atoms with van der Waals surface area (Å²) in [6, 6.07) is 0. The predicted octanol–water partition coefficient (Wildman–Crippen LogP) is 0.718. The zero-order valence-electron chi connectivity index (χ0n) is 6.10. The summed E-state index contributed by atoms with van der Waals surface area (Å²) in [5.41, 5.74) is 0.431. The number of rotatable bonds is 2. The van der Waals surface area contributed by atoms with Crippen molar-refractivity contribution in [3.8, 4) is 0 Å². The van der Waals surface area contributed by atoms with Gasteiger partial charge in [-0.05, 0) is 25.2 Å². The van der Waals surface area contributed by atoms with Crippen molar-refractivity contribution in [2.75, 3.05) is 6.54 Å². The third kappa shape index (κ3) is 0.655. The van der Waals surface area contributed by atoms with E-state index in [1.54, 1.807) is 0 Å². The van der Waals surface area contributed by atoms with Gasteiger partial charge < -0.3 is 10.1 Å². The number of carbonyl (C=O) groups is 1. The van der Waals surface area contributed by atoms with Gasteiger partial charge in [-0.15, -0.1) is 0 Å². The monoisotopic (exact) mass is 139 g/mol. The Morgan fingerprint density at radius 2 is 2.40 bits per heavy atom. The van der Waals surface area contributed by atoms with Gasteiger partial charge in [0.1, 0.15) is 6.29 Å². The Bertz CT molecular complexity index is 146. The molecule has 0 aromatic carbocycles. The molecule has 1 aliphatic carbocycles. The fourth-order valence-electron chi connectivity index (χ4n) is 2.10. The third-order valence-corrected chi connectivity index (χ3v) is 3.11. The van der Waals surface area contributed by atoms with Crippen molar-refractivity contribution in [1.82, 2.24) is 5.32 Å². The number of nitrogens with one attached hydrogen (secondary N) is 1. The summed E-state index contributed by atoms with van der Waals surface area (Å²) in [5.74, 6) is 0.666. The van der Waals surface area contributed by atoms with Crippen LogP contribution in [0, 0.1) is 5.92 Å². The van der Waals surface area contributed by atoms with E-state index in [9.17, 15) is 4.79 Å². The molecule has 2 nitrogen and oxygen atoms in total. The Morgan fingerprint density at radius 1 is 1.60 bits per heavy atom. The minimum atomic E-state index is 0.431. The normalized spacial score (nSPS) is 34.6. The van der Waals surface area contributed by atoms with Crippen LogP contribution >= 0.6 is 0 Å². The smallest absolute Gasteiger partial charge is 0.120 e. The molecule has 0 bridgehead atoms. The first-order valence-corrected chi connectivity index (χ1v) is 4.06. The van der Waals surface area contributed by atoms with Crippen LogP contribution in [-0.2, 0) is 4.79 Å². The molecule has 1 saturated heterocycles. The average Bonchev–Trinajstić information content (AvgIpc) is 1.77. The molecule has 56 valence electrons. The summed E-state index contributed by atoms with van der Waals surface area (Å²) >= 11 is 0. The number of hydrogen-bond acceptors (Lipinski definition) is 2. The Labute approximate surface area is 61.0 Å². The van der Waals surface area contributed by atoms with Crippen molar-refractivity contribution >= 4 is 6.29 Å². The Kier molecular flexibility index (Phi) is 1.31. The van der Waals surface area contributed by atoms with Crippen LogP contribution in [0.4, 0.5) is 0 Å². The first-order valence-electron chi connectivity index (χ1n) is 4.06. The topological polar surface area (TPSA) is 29.1 Å². The van der Waals surface area contributed by atoms with Gasteiger partial charge in [0, 0.05) is 18.5 Å². The van der Waals surface area contributed by atoms with Gasteiger partial charge >= 0.3 is 0 Å². The Morgan fingerprint density at radius 3 is 2.70 bits per heavy atom. The first kappa shape index (κ1) is 6.35. The number of hydrogen-bond donors (Lipinski definition) is 1. The largest absolute Gasteiger partial charge is 0.311 e. The van der Waals surface area contributed by atoms with Gasteiger partial charge in [-0.25, -0.2) is 0 Å². The number of aldehydes is 1. The molecule has 1 spiro atoms. The molecule has 2 fully saturated rings. The summed E-state index contributed by atoms with van der Waals surface area (Å²) in [6.45, 7) is 1.07. The Hall–Kier alpha value is -0.370. The SMILES string of the molecule is O=CCC1CNC12CCC2. The van der Waals surface area contributed by atoms with Crippen LogP contribution in [0.3, 0.4) is 0 Å². The van der Waals surface area contributed by atoms with Crippen LogP contribution in [0.2, 0.25) is 0 Å². The molecule has 1 unspecified atom stereocenters. The highest BCUT2D eigenvalue weighted by Gasteiger charge is 2.49. The molecule has 10 heavy (non-hydrogen) atoms. The van der Waals surface area contributed by atoms with Crippen molar-refractivity contribution < 1.29 is 4.79 Å². The lowest BCUT2D eigenvalue weighted by molar-refractivity contribution is -0.111. The highest BCUT2D eigenvalue weighted by atomic mass is 16.1. The molecule has 0 radical (unpaired) electrons. The molecular formula is C8H13NO. The molecule has 1 N–H and O–H groups in total. The second-order valence-electron chi connectivity index (χ2n) is 3.49. The van der Waals surface area contributed by atoms with Crippen LogP contribution in [0.5, 0.6) is 0 Å². The van der Waals surface area contributed by atoms with E-state index in [0.717, 1.165) is 19.3 Å². The van der Waals surface area contributed by atoms with E-state index in [0.29, 0.717) is 11.5 Å². The maximum absolute atomic E-state index is 10.2. The standard InChI is InChI=1S/C8H13NO/c10-5-2-7-6-9-8(7)3-1-4-8/h5,7,9H,1-4,6H2. The summed E-state index contributed by atoms with van der Waals surface area (Å²) in [5, 5.41) is 3.43. The maximum Gasteiger partial charge on any atom is 0.120 e. The van der Waals surface area contributed by atoms with Crippen LogP contribution in [-0.4, -0.2) is 18.4 Å². The van der Waals surface area contributed by atoms with Crippen molar-refractivity contribution in [2.24, 2.45) is 5.92 Å². The van der Waals surface area contributed by atoms with E-state index >= 15 is 0 Å². The molecular weight excluding hydrogens is 126 g/mol. The van der Waals surface area contributed by atoms with Gasteiger partial charge in [-0.2, -0.15) is 0 Å². The molecule has 0 aromatic heterocycles. The predicted molar refractivity (Wildman–Crippen MR) is 38.8 cm³/mol. The molecule has 1 heterocycles. The molecule has 1 atom stereocenters. The lowest BCUT2D eigenvalue weighted by atomic mass is 9.62. The van der Waals surface area contributed by atoms with Gasteiger partial charge in [-0.3, -0.25) is 0 Å². The lowest BCUT2D eigenvalue weighted by Crippen LogP contribution is -2.68. The zero-order valence-corrected chi connectivity index (χ0v) is 6.10. The second-order valence-corrected chi connectivity index (χ2v) is 3.49. The van der Waals surface area contributed by atoms with E-state index in [1.165, 1.54) is 19.3 Å². The lowest BCUT2D eigenvalue weighted by Gasteiger charge is -2.56. The van der Waals surface area contributed by atoms with E-state index in [4.69, 9.17) is 0 Å². The Balaban J connectivity index is 1.92. The van der Waals surface area contributed by atoms with Crippen LogP contribution in [0.1, 0.15) is 25.7 Å². The average molecular weight is 139 g/mol. The van der Waals surface area contributed by atoms with Crippen molar-refractivity contribution in [2.45, 2.75) is 31.2 Å². The highest BCUT2D eigenvalue weighted by molar-refractivity contribution is 5.51. The summed E-state index contributed by atoms with van der Waals surface area (Å²) in [7, 11) is 0. The van der Waals surface area contributed by atoms with Crippen LogP contribution in [0.15, 0.2) is 0 Å². The third-order valence-electron chi connectivity index (χ3n) is 3.11. The fourth-order valence-corrected chi connectivity index (χ4v) is 2.10. The maximum atomic E-state index is 10.2. The minimum Gasteiger partial charge on any atom is -0.311 e. The molecule has 2 rings (SSSR count). The van der Waals surface area contributed by atoms with Gasteiger partial charge in [0.25, 0.3) is 0 Å². The molecule has 2 heteroatoms. The van der Waals surface area contributed by atoms with Gasteiger partial charge in [0.15, 0.2) is 0 Å². The first-order chi connectivity index (χ1) is 4.87. The quantitative estimate of drug-likeness (QED) is 0.571. The van der Waals surface area contributed by atoms with Crippen LogP contribution in [0.25, 0.3) is 0 Å². The summed E-state index contributed by atoms with van der Waals surface area (Å²) < 4.78 is 0. The van der Waals surface area contributed by atoms with Crippen LogP contribution < -0.4 is 5.32 Å². The van der Waals surface area contributed by atoms with E-state index < -0.39 is 0 Å². The highest BCUT2D eigenvalue weighted by Crippen LogP contribution is 2.44. The van der Waals surface area contributed by atoms with Crippen molar-refractivity contribution in [1.29, 1.82) is 0 Å². The van der Waals surface area contributed by atoms with Gasteiger partial charge in [0.2, 0.25) is 0 Å². The molecule has 1 saturated carbocycles. The summed E-state index contributed by atoms with van der Waals surface area (Å²) in [6.07, 6.45) is 5.78. The van der Waals surface area contributed by atoms with E-state index in [1.807, 2.05) is 0 Å². The molecule has 1 aliphatic heterocycles.